The molecule has 0 spiro atoms. The summed E-state index contributed by atoms with van der Waals surface area (Å²) in [5.74, 6) is 0. The van der Waals surface area contributed by atoms with E-state index in [-0.39, 0.29) is 32.7 Å². The van der Waals surface area contributed by atoms with Gasteiger partial charge in [-0.3, -0.25) is 0 Å². The topological polar surface area (TPSA) is 0 Å². The molecule has 2 rings (SSSR count). The molecule has 73 valence electrons. The van der Waals surface area contributed by atoms with Gasteiger partial charge in [-0.2, -0.15) is 71.3 Å². The van der Waals surface area contributed by atoms with Gasteiger partial charge < -0.3 is 0 Å². The molecular weight excluding hydrogens is 257 g/mol. The molecular formula is C14H12Y-2. The molecule has 0 amide bonds. The van der Waals surface area contributed by atoms with Crippen molar-refractivity contribution in [3.63, 3.8) is 0 Å². The van der Waals surface area contributed by atoms with Gasteiger partial charge in [0.05, 0.1) is 0 Å². The van der Waals surface area contributed by atoms with E-state index in [0.717, 1.165) is 6.42 Å². The van der Waals surface area contributed by atoms with Gasteiger partial charge in [-0.05, 0) is 6.42 Å². The minimum atomic E-state index is 0. The normalized spacial score (nSPS) is 9.40. The van der Waals surface area contributed by atoms with Crippen molar-refractivity contribution in [1.29, 1.82) is 0 Å². The van der Waals surface area contributed by atoms with E-state index in [2.05, 4.69) is 37.3 Å². The molecule has 0 heterocycles. The quantitative estimate of drug-likeness (QED) is 0.734. The van der Waals surface area contributed by atoms with Crippen molar-refractivity contribution in [2.45, 2.75) is 13.3 Å². The Bertz CT molecular complexity index is 407. The van der Waals surface area contributed by atoms with Gasteiger partial charge in [0.2, 0.25) is 0 Å². The van der Waals surface area contributed by atoms with E-state index in [1.807, 2.05) is 24.3 Å². The van der Waals surface area contributed by atoms with Crippen molar-refractivity contribution in [2.75, 3.05) is 0 Å². The Morgan fingerprint density at radius 3 is 2.47 bits per heavy atom. The second-order valence-corrected chi connectivity index (χ2v) is 3.46. The third-order valence-electron chi connectivity index (χ3n) is 2.17. The van der Waals surface area contributed by atoms with Gasteiger partial charge in [0.15, 0.2) is 0 Å². The molecule has 0 fully saturated rings. The molecule has 15 heavy (non-hydrogen) atoms. The Labute approximate surface area is 117 Å². The third-order valence-corrected chi connectivity index (χ3v) is 2.17. The zero-order valence-electron chi connectivity index (χ0n) is 8.83. The first-order valence-electron chi connectivity index (χ1n) is 4.77. The number of aryl methyl sites for hydroxylation is 1. The summed E-state index contributed by atoms with van der Waals surface area (Å²) >= 11 is 0. The molecule has 0 nitrogen and oxygen atoms in total. The molecule has 0 atom stereocenters. The van der Waals surface area contributed by atoms with Gasteiger partial charge in [0.25, 0.3) is 0 Å². The van der Waals surface area contributed by atoms with Crippen LogP contribution in [0.5, 0.6) is 0 Å². The Balaban J connectivity index is 0.00000112. The first kappa shape index (κ1) is 12.6. The molecule has 0 aromatic heterocycles. The number of hydrogen-bond donors (Lipinski definition) is 0. The number of rotatable bonds is 2. The van der Waals surface area contributed by atoms with Gasteiger partial charge >= 0.3 is 0 Å². The molecule has 0 aliphatic rings. The largest absolute Gasteiger partial charge is 0.180 e. The van der Waals surface area contributed by atoms with Crippen LogP contribution in [0.15, 0.2) is 42.5 Å². The van der Waals surface area contributed by atoms with E-state index >= 15 is 0 Å². The molecule has 0 bridgehead atoms. The van der Waals surface area contributed by atoms with Gasteiger partial charge in [0.1, 0.15) is 0 Å². The average Bonchev–Trinajstić information content (AvgIpc) is 2.19. The molecule has 0 aliphatic heterocycles. The van der Waals surface area contributed by atoms with Gasteiger partial charge in [-0.15, -0.1) is 0 Å². The van der Waals surface area contributed by atoms with Crippen molar-refractivity contribution >= 4 is 0 Å². The maximum atomic E-state index is 3.24. The zero-order chi connectivity index (χ0) is 9.80. The van der Waals surface area contributed by atoms with E-state index < -0.39 is 0 Å². The van der Waals surface area contributed by atoms with Crippen LogP contribution in [-0.4, -0.2) is 0 Å². The average molecular weight is 269 g/mol. The summed E-state index contributed by atoms with van der Waals surface area (Å²) in [5, 5.41) is 0. The second kappa shape index (κ2) is 6.20. The van der Waals surface area contributed by atoms with Crippen LogP contribution < -0.4 is 0 Å². The molecule has 1 radical (unpaired) electrons. The van der Waals surface area contributed by atoms with Crippen LogP contribution in [0.2, 0.25) is 0 Å². The third kappa shape index (κ3) is 3.89. The molecule has 1 heteroatoms. The van der Waals surface area contributed by atoms with Gasteiger partial charge in [0, 0.05) is 32.7 Å². The fourth-order valence-corrected chi connectivity index (χ4v) is 1.49. The Hall–Kier alpha value is -0.456. The summed E-state index contributed by atoms with van der Waals surface area (Å²) in [6.45, 7) is 2.10. The maximum absolute atomic E-state index is 3.24. The summed E-state index contributed by atoms with van der Waals surface area (Å²) in [5.41, 5.74) is 3.73. The predicted molar refractivity (Wildman–Crippen MR) is 58.1 cm³/mol. The Morgan fingerprint density at radius 1 is 1.00 bits per heavy atom. The minimum absolute atomic E-state index is 0. The van der Waals surface area contributed by atoms with Gasteiger partial charge in [-0.1, -0.05) is 6.92 Å². The SMILES string of the molecule is Cc1cc[c-]c(Cc2[c-]cccc2)c1.[Y]. The van der Waals surface area contributed by atoms with Crippen molar-refractivity contribution in [2.24, 2.45) is 0 Å². The van der Waals surface area contributed by atoms with Crippen LogP contribution in [0.25, 0.3) is 0 Å². The molecule has 0 unspecified atom stereocenters. The first-order valence-corrected chi connectivity index (χ1v) is 4.77. The smallest absolute Gasteiger partial charge is 0 e. The van der Waals surface area contributed by atoms with E-state index in [1.165, 1.54) is 16.7 Å². The van der Waals surface area contributed by atoms with Crippen LogP contribution in [0, 0.1) is 19.1 Å². The standard InChI is InChI=1S/C14H12.Y/c1-12-6-5-9-14(10-12)11-13-7-3-2-4-8-13;/h2-7,10H,11H2,1H3;/q-2;. The van der Waals surface area contributed by atoms with E-state index in [9.17, 15) is 0 Å². The van der Waals surface area contributed by atoms with Crippen LogP contribution in [0.3, 0.4) is 0 Å². The minimum Gasteiger partial charge on any atom is -0.180 e. The van der Waals surface area contributed by atoms with Crippen LogP contribution >= 0.6 is 0 Å². The van der Waals surface area contributed by atoms with E-state index in [4.69, 9.17) is 0 Å². The fraction of sp³-hybridized carbons (Fsp3) is 0.143. The van der Waals surface area contributed by atoms with Crippen LogP contribution in [0.1, 0.15) is 16.7 Å². The maximum Gasteiger partial charge on any atom is 0 e. The molecule has 0 saturated carbocycles. The first-order chi connectivity index (χ1) is 6.84. The molecule has 2 aromatic rings. The van der Waals surface area contributed by atoms with Crippen molar-refractivity contribution < 1.29 is 32.7 Å². The molecule has 0 saturated heterocycles. The Morgan fingerprint density at radius 2 is 1.80 bits per heavy atom. The monoisotopic (exact) mass is 269 g/mol. The van der Waals surface area contributed by atoms with Crippen molar-refractivity contribution in [1.82, 2.24) is 0 Å². The fourth-order valence-electron chi connectivity index (χ4n) is 1.49. The second-order valence-electron chi connectivity index (χ2n) is 3.46. The summed E-state index contributed by atoms with van der Waals surface area (Å²) in [6.07, 6.45) is 0.919. The Kier molecular flexibility index (Phi) is 5.21. The van der Waals surface area contributed by atoms with Crippen molar-refractivity contribution in [3.8, 4) is 0 Å². The van der Waals surface area contributed by atoms with Crippen LogP contribution in [0.4, 0.5) is 0 Å². The predicted octanol–water partition coefficient (Wildman–Crippen LogP) is 3.18. The van der Waals surface area contributed by atoms with Crippen LogP contribution in [-0.2, 0) is 39.1 Å². The molecule has 0 aliphatic carbocycles. The summed E-state index contributed by atoms with van der Waals surface area (Å²) in [4.78, 5) is 0. The summed E-state index contributed by atoms with van der Waals surface area (Å²) < 4.78 is 0. The number of hydrogen-bond acceptors (Lipinski definition) is 0. The summed E-state index contributed by atoms with van der Waals surface area (Å²) in [7, 11) is 0. The van der Waals surface area contributed by atoms with E-state index in [1.54, 1.807) is 0 Å². The van der Waals surface area contributed by atoms with Crippen molar-refractivity contribution in [3.05, 3.63) is 71.3 Å². The van der Waals surface area contributed by atoms with E-state index in [0.29, 0.717) is 0 Å². The zero-order valence-corrected chi connectivity index (χ0v) is 11.7. The summed E-state index contributed by atoms with van der Waals surface area (Å²) in [6, 6.07) is 20.7. The molecule has 2 aromatic carbocycles. The van der Waals surface area contributed by atoms with Gasteiger partial charge in [-0.25, -0.2) is 0 Å². The number of benzene rings is 2. The molecule has 0 N–H and O–H groups in total.